The summed E-state index contributed by atoms with van der Waals surface area (Å²) in [4.78, 5) is 71.2. The third-order valence-corrected chi connectivity index (χ3v) is 12.6. The summed E-state index contributed by atoms with van der Waals surface area (Å²) in [6, 6.07) is 1.03. The van der Waals surface area contributed by atoms with E-state index in [0.717, 1.165) is 12.8 Å². The van der Waals surface area contributed by atoms with Gasteiger partial charge in [0.2, 0.25) is 21.8 Å². The molecular formula is C35H45Cl2N5O9S. The molecular weight excluding hydrogens is 737 g/mol. The lowest BCUT2D eigenvalue weighted by molar-refractivity contribution is -0.141. The van der Waals surface area contributed by atoms with Gasteiger partial charge in [0.05, 0.1) is 24.9 Å². The van der Waals surface area contributed by atoms with Crippen LogP contribution in [0.15, 0.2) is 24.3 Å². The van der Waals surface area contributed by atoms with Gasteiger partial charge in [0, 0.05) is 22.4 Å². The molecule has 0 radical (unpaired) electrons. The SMILES string of the molecule is CC(C)(C)OC(=O)N[C@H]1CCCCC/C=C\[C@@H]2C[C@@]2(C(=O)NS(=O)(=O)C2CC2)NC(=O)C2C[C@@H](OC(=O)N3Cc4c(Cl)ccc(Cl)c4C3)CN2C1=O. The van der Waals surface area contributed by atoms with Crippen LogP contribution in [0.2, 0.25) is 10.0 Å². The molecule has 2 aliphatic carbocycles. The first-order valence-corrected chi connectivity index (χ1v) is 20.0. The van der Waals surface area contributed by atoms with Crippen LogP contribution in [0.25, 0.3) is 0 Å². The van der Waals surface area contributed by atoms with E-state index < -0.39 is 80.4 Å². The Morgan fingerprint density at radius 3 is 2.31 bits per heavy atom. The van der Waals surface area contributed by atoms with Gasteiger partial charge in [-0.15, -0.1) is 0 Å². The number of alkyl carbamates (subject to hydrolysis) is 1. The van der Waals surface area contributed by atoms with Crippen LogP contribution in [-0.2, 0) is 47.0 Å². The largest absolute Gasteiger partial charge is 0.444 e. The molecule has 284 valence electrons. The van der Waals surface area contributed by atoms with Crippen LogP contribution in [0, 0.1) is 5.92 Å². The second-order valence-electron chi connectivity index (χ2n) is 15.3. The molecule has 2 saturated carbocycles. The number of hydrogen-bond donors (Lipinski definition) is 3. The van der Waals surface area contributed by atoms with Crippen LogP contribution in [-0.4, -0.2) is 89.2 Å². The number of allylic oxidation sites excluding steroid dienone is 1. The highest BCUT2D eigenvalue weighted by Crippen LogP contribution is 2.46. The Morgan fingerprint density at radius 2 is 1.67 bits per heavy atom. The number of ether oxygens (including phenoxy) is 2. The predicted molar refractivity (Wildman–Crippen MR) is 191 cm³/mol. The first-order chi connectivity index (χ1) is 24.5. The molecule has 1 saturated heterocycles. The van der Waals surface area contributed by atoms with Crippen molar-refractivity contribution < 1.29 is 41.9 Å². The van der Waals surface area contributed by atoms with Crippen molar-refractivity contribution in [3.8, 4) is 0 Å². The van der Waals surface area contributed by atoms with Gasteiger partial charge < -0.3 is 25.0 Å². The van der Waals surface area contributed by atoms with E-state index >= 15 is 0 Å². The zero-order valence-corrected chi connectivity index (χ0v) is 31.7. The van der Waals surface area contributed by atoms with Crippen molar-refractivity contribution in [1.29, 1.82) is 0 Å². The highest BCUT2D eigenvalue weighted by molar-refractivity contribution is 7.91. The van der Waals surface area contributed by atoms with Crippen LogP contribution in [0.1, 0.15) is 89.7 Å². The number of halogens is 2. The van der Waals surface area contributed by atoms with Gasteiger partial charge in [-0.1, -0.05) is 48.2 Å². The highest BCUT2D eigenvalue weighted by atomic mass is 35.5. The molecule has 3 N–H and O–H groups in total. The molecule has 6 rings (SSSR count). The summed E-state index contributed by atoms with van der Waals surface area (Å²) in [5.74, 6) is -2.58. The molecule has 0 spiro atoms. The molecule has 17 heteroatoms. The molecule has 5 amide bonds. The minimum Gasteiger partial charge on any atom is -0.444 e. The van der Waals surface area contributed by atoms with Gasteiger partial charge in [0.25, 0.3) is 5.91 Å². The maximum absolute atomic E-state index is 14.3. The van der Waals surface area contributed by atoms with Crippen molar-refractivity contribution in [1.82, 2.24) is 25.2 Å². The van der Waals surface area contributed by atoms with Gasteiger partial charge in [0.1, 0.15) is 29.3 Å². The van der Waals surface area contributed by atoms with Gasteiger partial charge in [-0.05, 0) is 82.6 Å². The number of sulfonamides is 1. The molecule has 0 bridgehead atoms. The second-order valence-corrected chi connectivity index (χ2v) is 18.1. The van der Waals surface area contributed by atoms with Gasteiger partial charge in [-0.2, -0.15) is 0 Å². The normalized spacial score (nSPS) is 28.6. The number of carbonyl (C=O) groups excluding carboxylic acids is 5. The van der Waals surface area contributed by atoms with Crippen LogP contribution in [0.3, 0.4) is 0 Å². The van der Waals surface area contributed by atoms with E-state index in [2.05, 4.69) is 15.4 Å². The number of carbonyl (C=O) groups is 5. The summed E-state index contributed by atoms with van der Waals surface area (Å²) in [6.07, 6.45) is 5.29. The number of nitrogens with one attached hydrogen (secondary N) is 3. The molecule has 3 fully saturated rings. The summed E-state index contributed by atoms with van der Waals surface area (Å²) in [5, 5.41) is 5.75. The third-order valence-electron chi connectivity index (χ3n) is 10.1. The number of amides is 5. The summed E-state index contributed by atoms with van der Waals surface area (Å²) in [5.41, 5.74) is -0.971. The fourth-order valence-corrected chi connectivity index (χ4v) is 8.90. The topological polar surface area (TPSA) is 181 Å². The number of hydrogen-bond acceptors (Lipinski definition) is 9. The molecule has 5 aliphatic rings. The Bertz CT molecular complexity index is 1750. The van der Waals surface area contributed by atoms with Crippen molar-refractivity contribution in [3.63, 3.8) is 0 Å². The maximum atomic E-state index is 14.3. The fourth-order valence-electron chi connectivity index (χ4n) is 7.06. The highest BCUT2D eigenvalue weighted by Gasteiger charge is 2.62. The average molecular weight is 783 g/mol. The van der Waals surface area contributed by atoms with Gasteiger partial charge in [0.15, 0.2) is 0 Å². The Hall–Kier alpha value is -3.56. The van der Waals surface area contributed by atoms with Crippen LogP contribution in [0.5, 0.6) is 0 Å². The number of rotatable bonds is 5. The molecule has 14 nitrogen and oxygen atoms in total. The Labute approximate surface area is 313 Å². The van der Waals surface area contributed by atoms with Crippen molar-refractivity contribution in [2.24, 2.45) is 5.92 Å². The molecule has 52 heavy (non-hydrogen) atoms. The van der Waals surface area contributed by atoms with Crippen molar-refractivity contribution in [3.05, 3.63) is 45.5 Å². The lowest BCUT2D eigenvalue weighted by Gasteiger charge is -2.30. The quantitative estimate of drug-likeness (QED) is 0.367. The molecule has 3 heterocycles. The average Bonchev–Trinajstić information content (AvgIpc) is 3.94. The Balaban J connectivity index is 1.25. The van der Waals surface area contributed by atoms with Gasteiger partial charge in [-0.25, -0.2) is 18.0 Å². The smallest absolute Gasteiger partial charge is 0.410 e. The van der Waals surface area contributed by atoms with Crippen molar-refractivity contribution >= 4 is 63.1 Å². The minimum absolute atomic E-state index is 0.108. The lowest BCUT2D eigenvalue weighted by atomic mass is 10.0. The van der Waals surface area contributed by atoms with Crippen molar-refractivity contribution in [2.75, 3.05) is 6.54 Å². The summed E-state index contributed by atoms with van der Waals surface area (Å²) < 4.78 is 39.0. The Kier molecular flexibility index (Phi) is 10.8. The standard InChI is InChI=1S/C35H45Cl2N5O9S/c1-34(2,3)51-32(46)38-27-10-8-6-4-5-7-9-20-16-35(20,31(45)40-52(48,49)22-11-12-22)39-29(43)28-15-21(17-42(28)30(27)44)50-33(47)41-18-23-24(19-41)26(37)14-13-25(23)36/h7,9,13-14,20-22,27-28H,4-6,8,10-12,15-19H2,1-3H3,(H,38,46)(H,39,43)(H,40,45)/b9-7-/t20-,21-,27+,28?,35-/m1/s1. The summed E-state index contributed by atoms with van der Waals surface area (Å²) in [7, 11) is -3.91. The van der Waals surface area contributed by atoms with E-state index in [-0.39, 0.29) is 38.9 Å². The lowest BCUT2D eigenvalue weighted by Crippen LogP contribution is -2.58. The molecule has 3 aliphatic heterocycles. The zero-order valence-electron chi connectivity index (χ0n) is 29.4. The van der Waals surface area contributed by atoms with E-state index in [9.17, 15) is 32.4 Å². The third kappa shape index (κ3) is 8.46. The number of nitrogens with zero attached hydrogens (tertiary/aromatic N) is 2. The zero-order chi connectivity index (χ0) is 37.6. The summed E-state index contributed by atoms with van der Waals surface area (Å²) in [6.45, 7) is 5.25. The predicted octanol–water partition coefficient (Wildman–Crippen LogP) is 4.31. The number of fused-ring (bicyclic) bond motifs is 3. The number of benzene rings is 1. The summed E-state index contributed by atoms with van der Waals surface area (Å²) >= 11 is 12.7. The first kappa shape index (κ1) is 38.2. The van der Waals surface area contributed by atoms with Crippen LogP contribution in [0.4, 0.5) is 9.59 Å². The molecule has 1 aromatic rings. The molecule has 5 atom stereocenters. The molecule has 1 aromatic carbocycles. The monoisotopic (exact) mass is 781 g/mol. The van der Waals surface area contributed by atoms with Gasteiger partial charge in [-0.3, -0.25) is 24.0 Å². The maximum Gasteiger partial charge on any atom is 0.410 e. The van der Waals surface area contributed by atoms with E-state index in [1.54, 1.807) is 32.9 Å². The van der Waals surface area contributed by atoms with Crippen LogP contribution >= 0.6 is 23.2 Å². The fraction of sp³-hybridized carbons (Fsp3) is 0.629. The molecule has 0 aromatic heterocycles. The van der Waals surface area contributed by atoms with E-state index in [1.807, 2.05) is 12.2 Å². The minimum atomic E-state index is -3.91. The van der Waals surface area contributed by atoms with Crippen molar-refractivity contribution in [2.45, 2.75) is 126 Å². The van der Waals surface area contributed by atoms with E-state index in [4.69, 9.17) is 32.7 Å². The van der Waals surface area contributed by atoms with Crippen LogP contribution < -0.4 is 15.4 Å². The van der Waals surface area contributed by atoms with Gasteiger partial charge >= 0.3 is 12.2 Å². The second kappa shape index (κ2) is 14.7. The van der Waals surface area contributed by atoms with E-state index in [1.165, 1.54) is 9.80 Å². The first-order valence-electron chi connectivity index (χ1n) is 17.7. The molecule has 1 unspecified atom stereocenters. The van der Waals surface area contributed by atoms with E-state index in [0.29, 0.717) is 46.9 Å². The Morgan fingerprint density at radius 1 is 1.00 bits per heavy atom.